The van der Waals surface area contributed by atoms with Crippen molar-refractivity contribution in [1.82, 2.24) is 9.97 Å². The third kappa shape index (κ3) is 2.94. The van der Waals surface area contributed by atoms with E-state index in [2.05, 4.69) is 22.2 Å². The van der Waals surface area contributed by atoms with E-state index in [1.54, 1.807) is 0 Å². The minimum atomic E-state index is 0.485. The number of hydrogen-bond donors (Lipinski definition) is 2. The average Bonchev–Trinajstić information content (AvgIpc) is 2.75. The average molecular weight is 234 g/mol. The molecule has 0 aromatic carbocycles. The summed E-state index contributed by atoms with van der Waals surface area (Å²) < 4.78 is 0. The van der Waals surface area contributed by atoms with Gasteiger partial charge in [0.1, 0.15) is 11.6 Å². The summed E-state index contributed by atoms with van der Waals surface area (Å²) in [6.45, 7) is 4.86. The van der Waals surface area contributed by atoms with Crippen LogP contribution in [0.2, 0.25) is 0 Å². The molecule has 1 saturated carbocycles. The van der Waals surface area contributed by atoms with Gasteiger partial charge < -0.3 is 11.1 Å². The van der Waals surface area contributed by atoms with Crippen LogP contribution >= 0.6 is 0 Å². The molecule has 4 heteroatoms. The fourth-order valence-corrected chi connectivity index (χ4v) is 2.56. The fraction of sp³-hybridized carbons (Fsp3) is 0.692. The van der Waals surface area contributed by atoms with Crippen molar-refractivity contribution < 1.29 is 0 Å². The Morgan fingerprint density at radius 1 is 1.41 bits per heavy atom. The van der Waals surface area contributed by atoms with Crippen LogP contribution in [0.5, 0.6) is 0 Å². The molecule has 0 aliphatic heterocycles. The van der Waals surface area contributed by atoms with E-state index < -0.39 is 0 Å². The summed E-state index contributed by atoms with van der Waals surface area (Å²) in [6, 6.07) is 2.50. The van der Waals surface area contributed by atoms with Crippen molar-refractivity contribution in [3.05, 3.63) is 17.6 Å². The molecular weight excluding hydrogens is 212 g/mol. The highest BCUT2D eigenvalue weighted by molar-refractivity contribution is 5.37. The molecule has 0 radical (unpaired) electrons. The lowest BCUT2D eigenvalue weighted by Gasteiger charge is -2.20. The number of aromatic nitrogens is 2. The maximum absolute atomic E-state index is 5.79. The quantitative estimate of drug-likeness (QED) is 0.835. The Bertz CT molecular complexity index is 378. The second-order valence-corrected chi connectivity index (χ2v) is 4.84. The zero-order chi connectivity index (χ0) is 12.3. The highest BCUT2D eigenvalue weighted by Gasteiger charge is 2.26. The monoisotopic (exact) mass is 234 g/mol. The number of rotatable bonds is 4. The number of aryl methyl sites for hydroxylation is 2. The van der Waals surface area contributed by atoms with Crippen LogP contribution < -0.4 is 11.1 Å². The largest absolute Gasteiger partial charge is 0.367 e. The zero-order valence-corrected chi connectivity index (χ0v) is 10.7. The van der Waals surface area contributed by atoms with Gasteiger partial charge in [0.25, 0.3) is 0 Å². The Morgan fingerprint density at radius 2 is 2.24 bits per heavy atom. The van der Waals surface area contributed by atoms with E-state index in [1.807, 2.05) is 13.0 Å². The second kappa shape index (κ2) is 5.45. The van der Waals surface area contributed by atoms with Crippen LogP contribution in [-0.2, 0) is 6.42 Å². The topological polar surface area (TPSA) is 63.8 Å². The Labute approximate surface area is 103 Å². The van der Waals surface area contributed by atoms with Gasteiger partial charge in [-0.2, -0.15) is 0 Å². The van der Waals surface area contributed by atoms with Crippen molar-refractivity contribution in [2.45, 2.75) is 45.6 Å². The lowest BCUT2D eigenvalue weighted by atomic mass is 10.0. The summed E-state index contributed by atoms with van der Waals surface area (Å²) in [5, 5.41) is 3.53. The van der Waals surface area contributed by atoms with Crippen molar-refractivity contribution >= 4 is 5.82 Å². The third-order valence-electron chi connectivity index (χ3n) is 3.51. The first kappa shape index (κ1) is 12.3. The number of hydrogen-bond acceptors (Lipinski definition) is 4. The maximum Gasteiger partial charge on any atom is 0.130 e. The van der Waals surface area contributed by atoms with Crippen molar-refractivity contribution in [3.63, 3.8) is 0 Å². The van der Waals surface area contributed by atoms with Crippen LogP contribution in [0, 0.1) is 12.8 Å². The van der Waals surface area contributed by atoms with Gasteiger partial charge in [-0.1, -0.05) is 13.3 Å². The van der Waals surface area contributed by atoms with E-state index in [4.69, 9.17) is 5.73 Å². The van der Waals surface area contributed by atoms with Gasteiger partial charge >= 0.3 is 0 Å². The van der Waals surface area contributed by atoms with Crippen LogP contribution in [0.3, 0.4) is 0 Å². The van der Waals surface area contributed by atoms with Gasteiger partial charge in [-0.25, -0.2) is 9.97 Å². The predicted molar refractivity (Wildman–Crippen MR) is 70.0 cm³/mol. The summed E-state index contributed by atoms with van der Waals surface area (Å²) in [5.41, 5.74) is 6.82. The molecule has 2 unspecified atom stereocenters. The van der Waals surface area contributed by atoms with Crippen molar-refractivity contribution in [2.75, 3.05) is 11.9 Å². The van der Waals surface area contributed by atoms with Gasteiger partial charge in [0.2, 0.25) is 0 Å². The lowest BCUT2D eigenvalue weighted by molar-refractivity contribution is 0.515. The molecule has 0 bridgehead atoms. The van der Waals surface area contributed by atoms with Crippen LogP contribution in [0.4, 0.5) is 5.82 Å². The summed E-state index contributed by atoms with van der Waals surface area (Å²) >= 11 is 0. The Kier molecular flexibility index (Phi) is 3.94. The first-order chi connectivity index (χ1) is 8.22. The normalized spacial score (nSPS) is 23.9. The van der Waals surface area contributed by atoms with Gasteiger partial charge in [0, 0.05) is 24.2 Å². The van der Waals surface area contributed by atoms with Crippen molar-refractivity contribution in [1.29, 1.82) is 0 Å². The highest BCUT2D eigenvalue weighted by Crippen LogP contribution is 2.27. The lowest BCUT2D eigenvalue weighted by Crippen LogP contribution is -2.30. The van der Waals surface area contributed by atoms with Crippen molar-refractivity contribution in [3.8, 4) is 0 Å². The Hall–Kier alpha value is -1.16. The molecule has 1 aliphatic rings. The smallest absolute Gasteiger partial charge is 0.130 e. The first-order valence-corrected chi connectivity index (χ1v) is 6.54. The van der Waals surface area contributed by atoms with Gasteiger partial charge in [-0.3, -0.25) is 0 Å². The molecule has 4 nitrogen and oxygen atoms in total. The van der Waals surface area contributed by atoms with E-state index in [0.717, 1.165) is 30.3 Å². The molecule has 0 saturated heterocycles. The van der Waals surface area contributed by atoms with Crippen LogP contribution in [0.1, 0.15) is 37.7 Å². The molecular formula is C13H22N4. The molecule has 1 aliphatic carbocycles. The van der Waals surface area contributed by atoms with E-state index >= 15 is 0 Å². The number of anilines is 1. The van der Waals surface area contributed by atoms with Gasteiger partial charge in [-0.15, -0.1) is 0 Å². The fourth-order valence-electron chi connectivity index (χ4n) is 2.56. The van der Waals surface area contributed by atoms with E-state index in [-0.39, 0.29) is 0 Å². The van der Waals surface area contributed by atoms with Gasteiger partial charge in [-0.05, 0) is 32.2 Å². The number of nitrogens with zero attached hydrogens (tertiary/aromatic N) is 2. The summed E-state index contributed by atoms with van der Waals surface area (Å²) in [6.07, 6.45) is 4.58. The Morgan fingerprint density at radius 3 is 2.94 bits per heavy atom. The van der Waals surface area contributed by atoms with Gasteiger partial charge in [0.05, 0.1) is 0 Å². The Balaban J connectivity index is 2.09. The molecule has 2 atom stereocenters. The molecule has 94 valence electrons. The summed E-state index contributed by atoms with van der Waals surface area (Å²) in [7, 11) is 0. The summed E-state index contributed by atoms with van der Waals surface area (Å²) in [5.74, 6) is 2.46. The highest BCUT2D eigenvalue weighted by atomic mass is 15.1. The second-order valence-electron chi connectivity index (χ2n) is 4.84. The standard InChI is InChI=1S/C13H22N4/c1-3-12-15-9(2)7-13(17-12)16-11-6-4-5-10(11)8-14/h7,10-11H,3-6,8,14H2,1-2H3,(H,15,16,17). The van der Waals surface area contributed by atoms with Gasteiger partial charge in [0.15, 0.2) is 0 Å². The van der Waals surface area contributed by atoms with Crippen molar-refractivity contribution in [2.24, 2.45) is 11.7 Å². The maximum atomic E-state index is 5.79. The molecule has 2 rings (SSSR count). The molecule has 1 fully saturated rings. The molecule has 1 aromatic rings. The minimum Gasteiger partial charge on any atom is -0.367 e. The van der Waals surface area contributed by atoms with E-state index in [1.165, 1.54) is 19.3 Å². The molecule has 0 spiro atoms. The molecule has 1 heterocycles. The molecule has 0 amide bonds. The number of nitrogens with one attached hydrogen (secondary N) is 1. The van der Waals surface area contributed by atoms with Crippen LogP contribution in [0.25, 0.3) is 0 Å². The number of nitrogens with two attached hydrogens (primary N) is 1. The SMILES string of the molecule is CCc1nc(C)cc(NC2CCCC2CN)n1. The van der Waals surface area contributed by atoms with E-state index in [9.17, 15) is 0 Å². The van der Waals surface area contributed by atoms with E-state index in [0.29, 0.717) is 12.0 Å². The predicted octanol–water partition coefficient (Wildman–Crippen LogP) is 1.89. The minimum absolute atomic E-state index is 0.485. The molecule has 3 N–H and O–H groups in total. The molecule has 17 heavy (non-hydrogen) atoms. The third-order valence-corrected chi connectivity index (χ3v) is 3.51. The summed E-state index contributed by atoms with van der Waals surface area (Å²) in [4.78, 5) is 8.91. The first-order valence-electron chi connectivity index (χ1n) is 6.54. The zero-order valence-electron chi connectivity index (χ0n) is 10.7. The van der Waals surface area contributed by atoms with Crippen LogP contribution in [0.15, 0.2) is 6.07 Å². The molecule has 1 aromatic heterocycles. The van der Waals surface area contributed by atoms with Crippen LogP contribution in [-0.4, -0.2) is 22.6 Å².